The molecular formula is C21H17ClO4. The van der Waals surface area contributed by atoms with Crippen molar-refractivity contribution in [2.24, 2.45) is 0 Å². The Morgan fingerprint density at radius 3 is 2.12 bits per heavy atom. The first-order valence-electron chi connectivity index (χ1n) is 8.10. The van der Waals surface area contributed by atoms with Crippen LogP contribution in [-0.2, 0) is 0 Å². The van der Waals surface area contributed by atoms with Crippen LogP contribution in [0, 0.1) is 0 Å². The van der Waals surface area contributed by atoms with Gasteiger partial charge in [-0.2, -0.15) is 0 Å². The molecule has 0 aliphatic heterocycles. The Morgan fingerprint density at radius 1 is 0.731 bits per heavy atom. The Hall–Kier alpha value is -2.98. The summed E-state index contributed by atoms with van der Waals surface area (Å²) in [5, 5.41) is 0.371. The molecule has 0 aliphatic carbocycles. The van der Waals surface area contributed by atoms with Crippen molar-refractivity contribution < 1.29 is 19.0 Å². The van der Waals surface area contributed by atoms with Crippen molar-refractivity contribution in [3.8, 4) is 17.2 Å². The maximum absolute atomic E-state index is 12.4. The first kappa shape index (κ1) is 17.8. The van der Waals surface area contributed by atoms with Gasteiger partial charge in [0, 0.05) is 0 Å². The monoisotopic (exact) mass is 368 g/mol. The van der Waals surface area contributed by atoms with E-state index in [0.29, 0.717) is 35.3 Å². The number of halogens is 1. The zero-order chi connectivity index (χ0) is 18.2. The maximum Gasteiger partial charge on any atom is 0.347 e. The summed E-state index contributed by atoms with van der Waals surface area (Å²) in [7, 11) is 0. The molecule has 0 aromatic heterocycles. The molecule has 3 aromatic carbocycles. The maximum atomic E-state index is 12.4. The fraction of sp³-hybridized carbons (Fsp3) is 0.0952. The number of carbonyl (C=O) groups excluding carboxylic acids is 1. The summed E-state index contributed by atoms with van der Waals surface area (Å²) in [6.07, 6.45) is 0. The number of hydrogen-bond acceptors (Lipinski definition) is 4. The topological polar surface area (TPSA) is 44.8 Å². The molecular weight excluding hydrogens is 352 g/mol. The van der Waals surface area contributed by atoms with Gasteiger partial charge < -0.3 is 14.2 Å². The lowest BCUT2D eigenvalue weighted by Crippen LogP contribution is -2.14. The van der Waals surface area contributed by atoms with Gasteiger partial charge in [0.25, 0.3) is 0 Å². The number of rotatable bonds is 7. The third-order valence-electron chi connectivity index (χ3n) is 3.50. The highest BCUT2D eigenvalue weighted by molar-refractivity contribution is 6.32. The number of para-hydroxylation sites is 3. The third-order valence-corrected chi connectivity index (χ3v) is 3.81. The van der Waals surface area contributed by atoms with Gasteiger partial charge in [0.1, 0.15) is 36.0 Å². The molecule has 0 fully saturated rings. The molecule has 0 spiro atoms. The SMILES string of the molecule is O=C(Oc1ccccc1Cl)c1ccccc1OCCOc1ccccc1. The number of hydrogen-bond donors (Lipinski definition) is 0. The molecule has 0 atom stereocenters. The standard InChI is InChI=1S/C21H17ClO4/c22-18-11-5-7-13-20(18)26-21(23)17-10-4-6-12-19(17)25-15-14-24-16-8-2-1-3-9-16/h1-13H,14-15H2. The number of esters is 1. The smallest absolute Gasteiger partial charge is 0.347 e. The zero-order valence-corrected chi connectivity index (χ0v) is 14.7. The second-order valence-corrected chi connectivity index (χ2v) is 5.73. The molecule has 0 unspecified atom stereocenters. The van der Waals surface area contributed by atoms with Crippen molar-refractivity contribution in [1.29, 1.82) is 0 Å². The summed E-state index contributed by atoms with van der Waals surface area (Å²) in [6, 6.07) is 23.2. The van der Waals surface area contributed by atoms with Gasteiger partial charge in [0.05, 0.1) is 5.02 Å². The van der Waals surface area contributed by atoms with Crippen molar-refractivity contribution in [2.75, 3.05) is 13.2 Å². The average Bonchev–Trinajstić information content (AvgIpc) is 2.68. The van der Waals surface area contributed by atoms with E-state index in [4.69, 9.17) is 25.8 Å². The fourth-order valence-electron chi connectivity index (χ4n) is 2.27. The predicted molar refractivity (Wildman–Crippen MR) is 100 cm³/mol. The second kappa shape index (κ2) is 8.92. The van der Waals surface area contributed by atoms with Crippen LogP contribution in [0.3, 0.4) is 0 Å². The first-order chi connectivity index (χ1) is 12.7. The Bertz CT molecular complexity index is 865. The minimum absolute atomic E-state index is 0.297. The third kappa shape index (κ3) is 4.77. The van der Waals surface area contributed by atoms with E-state index < -0.39 is 5.97 Å². The summed E-state index contributed by atoms with van der Waals surface area (Å²) in [5.74, 6) is 0.975. The van der Waals surface area contributed by atoms with Crippen LogP contribution in [0.4, 0.5) is 0 Å². The predicted octanol–water partition coefficient (Wildman–Crippen LogP) is 5.02. The van der Waals surface area contributed by atoms with Crippen LogP contribution in [0.15, 0.2) is 78.9 Å². The van der Waals surface area contributed by atoms with Gasteiger partial charge in [-0.25, -0.2) is 4.79 Å². The normalized spacial score (nSPS) is 10.2. The van der Waals surface area contributed by atoms with Gasteiger partial charge in [-0.05, 0) is 36.4 Å². The highest BCUT2D eigenvalue weighted by Gasteiger charge is 2.15. The zero-order valence-electron chi connectivity index (χ0n) is 13.9. The van der Waals surface area contributed by atoms with Gasteiger partial charge in [0.15, 0.2) is 0 Å². The van der Waals surface area contributed by atoms with Gasteiger partial charge in [0.2, 0.25) is 0 Å². The Kier molecular flexibility index (Phi) is 6.12. The van der Waals surface area contributed by atoms with Crippen LogP contribution in [0.2, 0.25) is 5.02 Å². The summed E-state index contributed by atoms with van der Waals surface area (Å²) >= 11 is 6.03. The molecule has 3 rings (SSSR count). The van der Waals surface area contributed by atoms with E-state index in [-0.39, 0.29) is 0 Å². The van der Waals surface area contributed by atoms with Crippen molar-refractivity contribution in [3.05, 3.63) is 89.4 Å². The number of carbonyl (C=O) groups is 1. The molecule has 4 nitrogen and oxygen atoms in total. The minimum atomic E-state index is -0.530. The van der Waals surface area contributed by atoms with Gasteiger partial charge in [-0.3, -0.25) is 0 Å². The van der Waals surface area contributed by atoms with Crippen LogP contribution in [0.25, 0.3) is 0 Å². The highest BCUT2D eigenvalue weighted by atomic mass is 35.5. The van der Waals surface area contributed by atoms with Gasteiger partial charge >= 0.3 is 5.97 Å². The van der Waals surface area contributed by atoms with E-state index in [0.717, 1.165) is 5.75 Å². The molecule has 3 aromatic rings. The molecule has 0 aliphatic rings. The number of benzene rings is 3. The van der Waals surface area contributed by atoms with Crippen LogP contribution in [-0.4, -0.2) is 19.2 Å². The fourth-order valence-corrected chi connectivity index (χ4v) is 2.45. The summed E-state index contributed by atoms with van der Waals surface area (Å²) in [6.45, 7) is 0.656. The minimum Gasteiger partial charge on any atom is -0.490 e. The van der Waals surface area contributed by atoms with Crippen LogP contribution in [0.1, 0.15) is 10.4 Å². The van der Waals surface area contributed by atoms with E-state index >= 15 is 0 Å². The van der Waals surface area contributed by atoms with Crippen molar-refractivity contribution in [2.45, 2.75) is 0 Å². The molecule has 0 bridgehead atoms. The van der Waals surface area contributed by atoms with E-state index in [1.54, 1.807) is 48.5 Å². The summed E-state index contributed by atoms with van der Waals surface area (Å²) in [4.78, 5) is 12.4. The van der Waals surface area contributed by atoms with Crippen molar-refractivity contribution in [1.82, 2.24) is 0 Å². The molecule has 0 N–H and O–H groups in total. The molecule has 132 valence electrons. The molecule has 0 radical (unpaired) electrons. The quantitative estimate of drug-likeness (QED) is 0.334. The summed E-state index contributed by atoms with van der Waals surface area (Å²) < 4.78 is 16.6. The van der Waals surface area contributed by atoms with E-state index in [1.807, 2.05) is 30.3 Å². The Balaban J connectivity index is 1.60. The average molecular weight is 369 g/mol. The van der Waals surface area contributed by atoms with Gasteiger partial charge in [-0.15, -0.1) is 0 Å². The Labute approximate surface area is 156 Å². The van der Waals surface area contributed by atoms with Crippen LogP contribution < -0.4 is 14.2 Å². The van der Waals surface area contributed by atoms with E-state index in [9.17, 15) is 4.79 Å². The van der Waals surface area contributed by atoms with Gasteiger partial charge in [-0.1, -0.05) is 54.1 Å². The largest absolute Gasteiger partial charge is 0.490 e. The van der Waals surface area contributed by atoms with E-state index in [1.165, 1.54) is 0 Å². The van der Waals surface area contributed by atoms with E-state index in [2.05, 4.69) is 0 Å². The lowest BCUT2D eigenvalue weighted by molar-refractivity contribution is 0.0729. The lowest BCUT2D eigenvalue weighted by Gasteiger charge is -2.12. The first-order valence-corrected chi connectivity index (χ1v) is 8.48. The van der Waals surface area contributed by atoms with Crippen molar-refractivity contribution >= 4 is 17.6 Å². The molecule has 0 heterocycles. The molecule has 5 heteroatoms. The molecule has 0 saturated carbocycles. The van der Waals surface area contributed by atoms with Crippen LogP contribution in [0.5, 0.6) is 17.2 Å². The number of ether oxygens (including phenoxy) is 3. The second-order valence-electron chi connectivity index (χ2n) is 5.33. The lowest BCUT2D eigenvalue weighted by atomic mass is 10.2. The highest BCUT2D eigenvalue weighted by Crippen LogP contribution is 2.26. The molecule has 0 amide bonds. The summed E-state index contributed by atoms with van der Waals surface area (Å²) in [5.41, 5.74) is 0.326. The van der Waals surface area contributed by atoms with Crippen molar-refractivity contribution in [3.63, 3.8) is 0 Å². The molecule has 26 heavy (non-hydrogen) atoms. The van der Waals surface area contributed by atoms with Crippen LogP contribution >= 0.6 is 11.6 Å². The molecule has 0 saturated heterocycles. The Morgan fingerprint density at radius 2 is 1.35 bits per heavy atom.